The Balaban J connectivity index is 1.85. The number of rotatable bonds is 4. The second kappa shape index (κ2) is 5.76. The number of anilines is 2. The molecule has 3 rings (SSSR count). The number of amides is 2. The summed E-state index contributed by atoms with van der Waals surface area (Å²) in [6.07, 6.45) is 4.45. The number of piperidine rings is 1. The number of carbonyl (C=O) groups excluding carboxylic acids is 2. The van der Waals surface area contributed by atoms with Crippen LogP contribution in [0.1, 0.15) is 32.1 Å². The van der Waals surface area contributed by atoms with Crippen LogP contribution in [0.5, 0.6) is 5.75 Å². The molecule has 1 saturated heterocycles. The molecule has 0 radical (unpaired) electrons. The van der Waals surface area contributed by atoms with Crippen molar-refractivity contribution in [3.63, 3.8) is 0 Å². The lowest BCUT2D eigenvalue weighted by molar-refractivity contribution is -0.119. The number of benzene rings is 1. The second-order valence-electron chi connectivity index (χ2n) is 5.65. The Morgan fingerprint density at radius 2 is 2.14 bits per heavy atom. The van der Waals surface area contributed by atoms with Crippen molar-refractivity contribution in [1.29, 1.82) is 0 Å². The minimum Gasteiger partial charge on any atom is -0.495 e. The second-order valence-corrected chi connectivity index (χ2v) is 5.65. The summed E-state index contributed by atoms with van der Waals surface area (Å²) in [5, 5.41) is 2.92. The first-order chi connectivity index (χ1) is 10.2. The minimum absolute atomic E-state index is 0.0658. The van der Waals surface area contributed by atoms with Crippen LogP contribution in [0.15, 0.2) is 18.2 Å². The highest BCUT2D eigenvalue weighted by Gasteiger charge is 2.30. The SMILES string of the molecule is COc1ccc(NC(=O)C2CC2)cc1N1CCCCC1=O. The lowest BCUT2D eigenvalue weighted by Crippen LogP contribution is -2.35. The molecular weight excluding hydrogens is 268 g/mol. The Morgan fingerprint density at radius 3 is 2.81 bits per heavy atom. The first-order valence-electron chi connectivity index (χ1n) is 7.48. The number of methoxy groups -OCH3 is 1. The smallest absolute Gasteiger partial charge is 0.227 e. The van der Waals surface area contributed by atoms with Crippen LogP contribution in [0.25, 0.3) is 0 Å². The number of ether oxygens (including phenoxy) is 1. The van der Waals surface area contributed by atoms with Gasteiger partial charge in [0, 0.05) is 24.6 Å². The van der Waals surface area contributed by atoms with Gasteiger partial charge in [0.25, 0.3) is 0 Å². The van der Waals surface area contributed by atoms with Crippen LogP contribution in [-0.2, 0) is 9.59 Å². The van der Waals surface area contributed by atoms with E-state index in [1.165, 1.54) is 0 Å². The maximum atomic E-state index is 12.1. The van der Waals surface area contributed by atoms with Gasteiger partial charge in [-0.1, -0.05) is 0 Å². The zero-order chi connectivity index (χ0) is 14.8. The summed E-state index contributed by atoms with van der Waals surface area (Å²) < 4.78 is 5.36. The number of nitrogens with zero attached hydrogens (tertiary/aromatic N) is 1. The molecule has 1 N–H and O–H groups in total. The van der Waals surface area contributed by atoms with E-state index in [1.54, 1.807) is 18.1 Å². The van der Waals surface area contributed by atoms with E-state index < -0.39 is 0 Å². The molecule has 5 heteroatoms. The van der Waals surface area contributed by atoms with Gasteiger partial charge >= 0.3 is 0 Å². The third kappa shape index (κ3) is 3.01. The van der Waals surface area contributed by atoms with E-state index in [9.17, 15) is 9.59 Å². The predicted molar refractivity (Wildman–Crippen MR) is 80.6 cm³/mol. The Kier molecular flexibility index (Phi) is 3.82. The first-order valence-corrected chi connectivity index (χ1v) is 7.48. The van der Waals surface area contributed by atoms with Crippen LogP contribution in [0.4, 0.5) is 11.4 Å². The van der Waals surface area contributed by atoms with E-state index in [0.717, 1.165) is 37.1 Å². The molecular formula is C16H20N2O3. The summed E-state index contributed by atoms with van der Waals surface area (Å²) in [4.78, 5) is 25.7. The highest BCUT2D eigenvalue weighted by atomic mass is 16.5. The van der Waals surface area contributed by atoms with Gasteiger partial charge in [-0.25, -0.2) is 0 Å². The molecule has 5 nitrogen and oxygen atoms in total. The van der Waals surface area contributed by atoms with E-state index in [2.05, 4.69) is 5.32 Å². The van der Waals surface area contributed by atoms with Gasteiger partial charge in [0.1, 0.15) is 5.75 Å². The fraction of sp³-hybridized carbons (Fsp3) is 0.500. The summed E-state index contributed by atoms with van der Waals surface area (Å²) in [7, 11) is 1.59. The molecule has 21 heavy (non-hydrogen) atoms. The topological polar surface area (TPSA) is 58.6 Å². The zero-order valence-electron chi connectivity index (χ0n) is 12.2. The van der Waals surface area contributed by atoms with Crippen molar-refractivity contribution in [2.75, 3.05) is 23.9 Å². The van der Waals surface area contributed by atoms with Crippen molar-refractivity contribution >= 4 is 23.2 Å². The average molecular weight is 288 g/mol. The van der Waals surface area contributed by atoms with E-state index in [-0.39, 0.29) is 17.7 Å². The van der Waals surface area contributed by atoms with Gasteiger partial charge in [0.2, 0.25) is 11.8 Å². The molecule has 0 aromatic heterocycles. The number of carbonyl (C=O) groups is 2. The molecule has 0 spiro atoms. The lowest BCUT2D eigenvalue weighted by atomic mass is 10.1. The Bertz CT molecular complexity index is 567. The van der Waals surface area contributed by atoms with Gasteiger partial charge < -0.3 is 15.0 Å². The van der Waals surface area contributed by atoms with Crippen molar-refractivity contribution in [1.82, 2.24) is 0 Å². The summed E-state index contributed by atoms with van der Waals surface area (Å²) in [6, 6.07) is 5.46. The van der Waals surface area contributed by atoms with E-state index in [4.69, 9.17) is 4.74 Å². The van der Waals surface area contributed by atoms with Crippen LogP contribution in [0.2, 0.25) is 0 Å². The predicted octanol–water partition coefficient (Wildman–Crippen LogP) is 2.56. The third-order valence-corrected chi connectivity index (χ3v) is 4.01. The highest BCUT2D eigenvalue weighted by Crippen LogP contribution is 2.35. The molecule has 1 heterocycles. The fourth-order valence-electron chi connectivity index (χ4n) is 2.63. The van der Waals surface area contributed by atoms with Crippen molar-refractivity contribution < 1.29 is 14.3 Å². The lowest BCUT2D eigenvalue weighted by Gasteiger charge is -2.28. The van der Waals surface area contributed by atoms with E-state index in [1.807, 2.05) is 12.1 Å². The molecule has 2 aliphatic rings. The number of nitrogens with one attached hydrogen (secondary N) is 1. The van der Waals surface area contributed by atoms with Crippen molar-refractivity contribution in [3.8, 4) is 5.75 Å². The zero-order valence-corrected chi connectivity index (χ0v) is 12.2. The Morgan fingerprint density at radius 1 is 1.33 bits per heavy atom. The summed E-state index contributed by atoms with van der Waals surface area (Å²) in [5.74, 6) is 1.00. The van der Waals surface area contributed by atoms with Gasteiger partial charge in [-0.3, -0.25) is 9.59 Å². The molecule has 1 aromatic rings. The highest BCUT2D eigenvalue weighted by molar-refractivity contribution is 5.98. The van der Waals surface area contributed by atoms with Crippen LogP contribution in [-0.4, -0.2) is 25.5 Å². The largest absolute Gasteiger partial charge is 0.495 e. The Labute approximate surface area is 124 Å². The molecule has 1 aromatic carbocycles. The minimum atomic E-state index is 0.0658. The number of hydrogen-bond acceptors (Lipinski definition) is 3. The van der Waals surface area contributed by atoms with Gasteiger partial charge in [0.15, 0.2) is 0 Å². The first kappa shape index (κ1) is 13.9. The molecule has 2 amide bonds. The van der Waals surface area contributed by atoms with Crippen molar-refractivity contribution in [2.24, 2.45) is 5.92 Å². The van der Waals surface area contributed by atoms with Gasteiger partial charge in [0.05, 0.1) is 12.8 Å². The maximum absolute atomic E-state index is 12.1. The van der Waals surface area contributed by atoms with Crippen molar-refractivity contribution in [2.45, 2.75) is 32.1 Å². The molecule has 1 aliphatic heterocycles. The normalized spacial score (nSPS) is 18.5. The molecule has 1 aliphatic carbocycles. The monoisotopic (exact) mass is 288 g/mol. The Hall–Kier alpha value is -2.04. The van der Waals surface area contributed by atoms with Crippen LogP contribution < -0.4 is 15.0 Å². The molecule has 1 saturated carbocycles. The molecule has 0 bridgehead atoms. The fourth-order valence-corrected chi connectivity index (χ4v) is 2.63. The van der Waals surface area contributed by atoms with Crippen LogP contribution >= 0.6 is 0 Å². The van der Waals surface area contributed by atoms with Crippen molar-refractivity contribution in [3.05, 3.63) is 18.2 Å². The maximum Gasteiger partial charge on any atom is 0.227 e. The van der Waals surface area contributed by atoms with Gasteiger partial charge in [-0.05, 0) is 43.9 Å². The standard InChI is InChI=1S/C16H20N2O3/c1-21-14-8-7-12(17-16(20)11-5-6-11)10-13(14)18-9-3-2-4-15(18)19/h7-8,10-11H,2-6,9H2,1H3,(H,17,20). The summed E-state index contributed by atoms with van der Waals surface area (Å²) in [5.41, 5.74) is 1.47. The number of hydrogen-bond donors (Lipinski definition) is 1. The van der Waals surface area contributed by atoms with Crippen LogP contribution in [0, 0.1) is 5.92 Å². The average Bonchev–Trinajstić information content (AvgIpc) is 3.32. The van der Waals surface area contributed by atoms with Gasteiger partial charge in [-0.2, -0.15) is 0 Å². The molecule has 112 valence electrons. The van der Waals surface area contributed by atoms with Crippen LogP contribution in [0.3, 0.4) is 0 Å². The summed E-state index contributed by atoms with van der Waals surface area (Å²) >= 11 is 0. The third-order valence-electron chi connectivity index (χ3n) is 4.01. The van der Waals surface area contributed by atoms with E-state index in [0.29, 0.717) is 18.7 Å². The van der Waals surface area contributed by atoms with Gasteiger partial charge in [-0.15, -0.1) is 0 Å². The molecule has 0 unspecified atom stereocenters. The molecule has 0 atom stereocenters. The molecule has 2 fully saturated rings. The quantitative estimate of drug-likeness (QED) is 0.926. The van der Waals surface area contributed by atoms with E-state index >= 15 is 0 Å². The summed E-state index contributed by atoms with van der Waals surface area (Å²) in [6.45, 7) is 0.704.